The number of anilines is 1. The summed E-state index contributed by atoms with van der Waals surface area (Å²) in [6.45, 7) is 2.68. The largest absolute Gasteiger partial charge is 0.481 e. The van der Waals surface area contributed by atoms with Crippen molar-refractivity contribution in [3.63, 3.8) is 0 Å². The first-order valence-corrected chi connectivity index (χ1v) is 8.05. The molecule has 0 aliphatic rings. The third kappa shape index (κ3) is 3.10. The number of nitrogens with one attached hydrogen (secondary N) is 1. The maximum absolute atomic E-state index is 10.7. The molecule has 2 N–H and O–H groups in total. The number of fused-ring (bicyclic) bond motifs is 1. The van der Waals surface area contributed by atoms with Crippen LogP contribution < -0.4 is 5.32 Å². The number of imidazole rings is 1. The van der Waals surface area contributed by atoms with Gasteiger partial charge in [-0.15, -0.1) is 0 Å². The minimum absolute atomic E-state index is 0.144. The van der Waals surface area contributed by atoms with Gasteiger partial charge in [-0.2, -0.15) is 5.10 Å². The Morgan fingerprint density at radius 3 is 2.88 bits per heavy atom. The molecule has 0 aromatic carbocycles. The van der Waals surface area contributed by atoms with Crippen LogP contribution in [0.5, 0.6) is 0 Å². The Bertz CT molecular complexity index is 865. The summed E-state index contributed by atoms with van der Waals surface area (Å²) in [6, 6.07) is 6.07. The lowest BCUT2D eigenvalue weighted by Crippen LogP contribution is -2.08. The smallest absolute Gasteiger partial charge is 0.303 e. The minimum Gasteiger partial charge on any atom is -0.481 e. The Kier molecular flexibility index (Phi) is 4.50. The molecule has 0 unspecified atom stereocenters. The molecule has 0 aliphatic carbocycles. The Balaban J connectivity index is 1.99. The van der Waals surface area contributed by atoms with Crippen molar-refractivity contribution in [1.29, 1.82) is 0 Å². The van der Waals surface area contributed by atoms with Crippen molar-refractivity contribution in [2.75, 3.05) is 11.9 Å². The maximum Gasteiger partial charge on any atom is 0.303 e. The molecule has 7 nitrogen and oxygen atoms in total. The van der Waals surface area contributed by atoms with Gasteiger partial charge in [0.25, 0.3) is 0 Å². The van der Waals surface area contributed by atoms with Crippen molar-refractivity contribution in [2.24, 2.45) is 7.05 Å². The van der Waals surface area contributed by atoms with Crippen LogP contribution in [0.15, 0.2) is 30.6 Å². The van der Waals surface area contributed by atoms with Crippen LogP contribution in [0.25, 0.3) is 17.0 Å². The normalized spacial score (nSPS) is 11.1. The summed E-state index contributed by atoms with van der Waals surface area (Å²) < 4.78 is 3.78. The molecule has 0 aliphatic heterocycles. The highest BCUT2D eigenvalue weighted by Crippen LogP contribution is 2.28. The summed E-state index contributed by atoms with van der Waals surface area (Å²) in [5.41, 5.74) is 3.82. The van der Waals surface area contributed by atoms with Crippen LogP contribution in [0.3, 0.4) is 0 Å². The van der Waals surface area contributed by atoms with Gasteiger partial charge in [0.15, 0.2) is 0 Å². The third-order valence-corrected chi connectivity index (χ3v) is 4.02. The third-order valence-electron chi connectivity index (χ3n) is 4.02. The van der Waals surface area contributed by atoms with E-state index in [4.69, 9.17) is 10.1 Å². The molecule has 0 bridgehead atoms. The molecule has 24 heavy (non-hydrogen) atoms. The molecule has 126 valence electrons. The Morgan fingerprint density at radius 1 is 1.38 bits per heavy atom. The number of aromatic nitrogens is 4. The van der Waals surface area contributed by atoms with Crippen LogP contribution in [0, 0.1) is 0 Å². The quantitative estimate of drug-likeness (QED) is 0.652. The molecule has 0 saturated carbocycles. The molecule has 3 aromatic rings. The van der Waals surface area contributed by atoms with E-state index in [1.165, 1.54) is 5.56 Å². The van der Waals surface area contributed by atoms with Crippen molar-refractivity contribution < 1.29 is 9.90 Å². The second-order valence-corrected chi connectivity index (χ2v) is 5.69. The number of carboxylic acids is 1. The predicted molar refractivity (Wildman–Crippen MR) is 92.1 cm³/mol. The summed E-state index contributed by atoms with van der Waals surface area (Å²) in [6.07, 6.45) is 5.39. The highest BCUT2D eigenvalue weighted by molar-refractivity contribution is 5.74. The first-order chi connectivity index (χ1) is 11.6. The van der Waals surface area contributed by atoms with E-state index in [9.17, 15) is 4.79 Å². The number of nitrogens with zero attached hydrogens (tertiary/aromatic N) is 4. The van der Waals surface area contributed by atoms with E-state index in [-0.39, 0.29) is 6.42 Å². The zero-order valence-corrected chi connectivity index (χ0v) is 13.9. The second-order valence-electron chi connectivity index (χ2n) is 5.69. The second kappa shape index (κ2) is 6.74. The molecule has 3 heterocycles. The van der Waals surface area contributed by atoms with Crippen molar-refractivity contribution in [3.05, 3.63) is 36.2 Å². The summed E-state index contributed by atoms with van der Waals surface area (Å²) in [4.78, 5) is 15.4. The van der Waals surface area contributed by atoms with Crippen LogP contribution in [0.4, 0.5) is 5.82 Å². The minimum atomic E-state index is -0.783. The lowest BCUT2D eigenvalue weighted by Gasteiger charge is -2.08. The fourth-order valence-corrected chi connectivity index (χ4v) is 2.71. The van der Waals surface area contributed by atoms with Gasteiger partial charge in [-0.1, -0.05) is 6.92 Å². The van der Waals surface area contributed by atoms with E-state index >= 15 is 0 Å². The fourth-order valence-electron chi connectivity index (χ4n) is 2.71. The molecule has 0 radical (unpaired) electrons. The topological polar surface area (TPSA) is 84.5 Å². The van der Waals surface area contributed by atoms with Crippen molar-refractivity contribution in [3.8, 4) is 11.4 Å². The van der Waals surface area contributed by atoms with Crippen LogP contribution in [-0.4, -0.2) is 36.8 Å². The number of carboxylic acid groups (broad SMARTS) is 1. The van der Waals surface area contributed by atoms with E-state index in [2.05, 4.69) is 29.5 Å². The molecule has 0 fully saturated rings. The van der Waals surface area contributed by atoms with Gasteiger partial charge >= 0.3 is 5.97 Å². The van der Waals surface area contributed by atoms with Gasteiger partial charge in [0.2, 0.25) is 0 Å². The summed E-state index contributed by atoms with van der Waals surface area (Å²) in [7, 11) is 1.88. The van der Waals surface area contributed by atoms with Crippen molar-refractivity contribution in [2.45, 2.75) is 26.2 Å². The van der Waals surface area contributed by atoms with Gasteiger partial charge in [-0.3, -0.25) is 13.9 Å². The molecule has 0 spiro atoms. The standard InChI is InChI=1S/C17H21N5O2/c1-3-12-7-10-22-14(11-12)20-16(13-6-9-19-21(13)2)17(22)18-8-4-5-15(23)24/h6-7,9-11,18H,3-5,8H2,1-2H3,(H,23,24). The molecule has 3 aromatic heterocycles. The van der Waals surface area contributed by atoms with Crippen LogP contribution in [0.1, 0.15) is 25.3 Å². The van der Waals surface area contributed by atoms with Gasteiger partial charge in [-0.05, 0) is 36.6 Å². The average Bonchev–Trinajstić information content (AvgIpc) is 3.13. The lowest BCUT2D eigenvalue weighted by atomic mass is 10.2. The maximum atomic E-state index is 10.7. The SMILES string of the molecule is CCc1ccn2c(NCCCC(=O)O)c(-c3ccnn3C)nc2c1. The van der Waals surface area contributed by atoms with Crippen LogP contribution >= 0.6 is 0 Å². The van der Waals surface area contributed by atoms with Gasteiger partial charge in [0, 0.05) is 32.4 Å². The zero-order valence-electron chi connectivity index (χ0n) is 13.9. The van der Waals surface area contributed by atoms with E-state index in [1.807, 2.05) is 23.7 Å². The van der Waals surface area contributed by atoms with E-state index in [1.54, 1.807) is 10.9 Å². The van der Waals surface area contributed by atoms with Crippen molar-refractivity contribution >= 4 is 17.4 Å². The van der Waals surface area contributed by atoms with E-state index in [0.717, 1.165) is 29.3 Å². The van der Waals surface area contributed by atoms with Gasteiger partial charge in [0.1, 0.15) is 17.2 Å². The lowest BCUT2D eigenvalue weighted by molar-refractivity contribution is -0.137. The summed E-state index contributed by atoms with van der Waals surface area (Å²) >= 11 is 0. The zero-order chi connectivity index (χ0) is 17.1. The number of carbonyl (C=O) groups is 1. The Labute approximate surface area is 139 Å². The number of aliphatic carboxylic acids is 1. The number of hydrogen-bond donors (Lipinski definition) is 2. The molecule has 0 saturated heterocycles. The number of aryl methyl sites for hydroxylation is 2. The average molecular weight is 327 g/mol. The number of rotatable bonds is 7. The van der Waals surface area contributed by atoms with Gasteiger partial charge in [0.05, 0.1) is 5.69 Å². The van der Waals surface area contributed by atoms with E-state index in [0.29, 0.717) is 13.0 Å². The van der Waals surface area contributed by atoms with Gasteiger partial charge in [-0.25, -0.2) is 4.98 Å². The van der Waals surface area contributed by atoms with Crippen molar-refractivity contribution in [1.82, 2.24) is 19.2 Å². The fraction of sp³-hybridized carbons (Fsp3) is 0.353. The Hall–Kier alpha value is -2.83. The highest BCUT2D eigenvalue weighted by atomic mass is 16.4. The molecule has 3 rings (SSSR count). The first kappa shape index (κ1) is 16.0. The number of hydrogen-bond acceptors (Lipinski definition) is 4. The monoisotopic (exact) mass is 327 g/mol. The highest BCUT2D eigenvalue weighted by Gasteiger charge is 2.16. The molecule has 7 heteroatoms. The molecular formula is C17H21N5O2. The molecule has 0 amide bonds. The Morgan fingerprint density at radius 2 is 2.21 bits per heavy atom. The van der Waals surface area contributed by atoms with Gasteiger partial charge < -0.3 is 10.4 Å². The summed E-state index contributed by atoms with van der Waals surface area (Å²) in [5.74, 6) is 0.0797. The van der Waals surface area contributed by atoms with Crippen LogP contribution in [0.2, 0.25) is 0 Å². The van der Waals surface area contributed by atoms with Crippen LogP contribution in [-0.2, 0) is 18.3 Å². The first-order valence-electron chi connectivity index (χ1n) is 8.05. The molecular weight excluding hydrogens is 306 g/mol. The van der Waals surface area contributed by atoms with E-state index < -0.39 is 5.97 Å². The number of pyridine rings is 1. The summed E-state index contributed by atoms with van der Waals surface area (Å²) in [5, 5.41) is 16.3. The molecule has 0 atom stereocenters. The predicted octanol–water partition coefficient (Wildman–Crippen LogP) is 2.57.